The molecule has 2 unspecified atom stereocenters. The Kier molecular flexibility index (Phi) is 5.59. The number of halogens is 1. The summed E-state index contributed by atoms with van der Waals surface area (Å²) in [5, 5.41) is 3.63. The van der Waals surface area contributed by atoms with Crippen LogP contribution in [0.15, 0.2) is 28.7 Å². The predicted octanol–water partition coefficient (Wildman–Crippen LogP) is 3.21. The number of carbonyl (C=O) groups excluding carboxylic acids is 1. The molecule has 0 radical (unpaired) electrons. The molecule has 2 heterocycles. The summed E-state index contributed by atoms with van der Waals surface area (Å²) in [5.41, 5.74) is 0. The number of hydrogen-bond acceptors (Lipinski definition) is 3. The Morgan fingerprint density at radius 3 is 2.57 bits per heavy atom. The Morgan fingerprint density at radius 2 is 1.91 bits per heavy atom. The summed E-state index contributed by atoms with van der Waals surface area (Å²) >= 11 is 3.40. The molecular weight excluding hydrogens is 356 g/mol. The van der Waals surface area contributed by atoms with E-state index in [4.69, 9.17) is 4.74 Å². The minimum absolute atomic E-state index is 0.246. The van der Waals surface area contributed by atoms with Crippen molar-refractivity contribution >= 4 is 21.8 Å². The van der Waals surface area contributed by atoms with E-state index in [9.17, 15) is 4.79 Å². The molecule has 2 bridgehead atoms. The standard InChI is InChI=1S/C18H25BrN2O2/c1-21(8-9-23-17-6-2-14(19)3-7-17)18(22)12-13-10-15-4-5-16(11-13)20-15/h2-3,6-7,13,15-16,20H,4-5,8-12H2,1H3. The first-order valence-corrected chi connectivity index (χ1v) is 9.28. The van der Waals surface area contributed by atoms with E-state index in [1.54, 1.807) is 0 Å². The zero-order chi connectivity index (χ0) is 16.2. The molecule has 23 heavy (non-hydrogen) atoms. The smallest absolute Gasteiger partial charge is 0.222 e. The number of amides is 1. The molecule has 0 spiro atoms. The Hall–Kier alpha value is -1.07. The van der Waals surface area contributed by atoms with Gasteiger partial charge in [-0.05, 0) is 55.9 Å². The molecule has 2 fully saturated rings. The van der Waals surface area contributed by atoms with Crippen molar-refractivity contribution in [2.45, 2.75) is 44.2 Å². The Labute approximate surface area is 146 Å². The molecular formula is C18H25BrN2O2. The molecule has 2 atom stereocenters. The lowest BCUT2D eigenvalue weighted by molar-refractivity contribution is -0.131. The van der Waals surface area contributed by atoms with Gasteiger partial charge in [-0.3, -0.25) is 4.79 Å². The van der Waals surface area contributed by atoms with Crippen LogP contribution in [0.25, 0.3) is 0 Å². The molecule has 2 saturated heterocycles. The molecule has 126 valence electrons. The van der Waals surface area contributed by atoms with Crippen LogP contribution in [0.1, 0.15) is 32.1 Å². The molecule has 2 aliphatic heterocycles. The lowest BCUT2D eigenvalue weighted by atomic mass is 9.89. The summed E-state index contributed by atoms with van der Waals surface area (Å²) in [7, 11) is 1.88. The molecule has 5 heteroatoms. The van der Waals surface area contributed by atoms with Gasteiger partial charge in [0.2, 0.25) is 5.91 Å². The highest BCUT2D eigenvalue weighted by Crippen LogP contribution is 2.32. The van der Waals surface area contributed by atoms with Gasteiger partial charge < -0.3 is 15.0 Å². The average Bonchev–Trinajstić information content (AvgIpc) is 2.88. The minimum Gasteiger partial charge on any atom is -0.492 e. The maximum Gasteiger partial charge on any atom is 0.222 e. The van der Waals surface area contributed by atoms with Crippen molar-refractivity contribution in [3.63, 3.8) is 0 Å². The number of carbonyl (C=O) groups is 1. The summed E-state index contributed by atoms with van der Waals surface area (Å²) in [6, 6.07) is 9.06. The second-order valence-corrected chi connectivity index (χ2v) is 7.71. The summed E-state index contributed by atoms with van der Waals surface area (Å²) in [6.07, 6.45) is 5.57. The molecule has 1 aromatic rings. The van der Waals surface area contributed by atoms with Gasteiger partial charge in [0.1, 0.15) is 12.4 Å². The van der Waals surface area contributed by atoms with E-state index in [1.165, 1.54) is 12.8 Å². The van der Waals surface area contributed by atoms with E-state index >= 15 is 0 Å². The van der Waals surface area contributed by atoms with Crippen LogP contribution in [0.2, 0.25) is 0 Å². The molecule has 0 saturated carbocycles. The maximum atomic E-state index is 12.4. The zero-order valence-corrected chi connectivity index (χ0v) is 15.2. The van der Waals surface area contributed by atoms with Crippen LogP contribution in [0, 0.1) is 5.92 Å². The molecule has 0 aliphatic carbocycles. The maximum absolute atomic E-state index is 12.4. The van der Waals surface area contributed by atoms with Gasteiger partial charge in [-0.15, -0.1) is 0 Å². The number of benzene rings is 1. The quantitative estimate of drug-likeness (QED) is 0.823. The summed E-state index contributed by atoms with van der Waals surface area (Å²) in [4.78, 5) is 14.2. The first-order chi connectivity index (χ1) is 11.1. The number of hydrogen-bond donors (Lipinski definition) is 1. The van der Waals surface area contributed by atoms with Gasteiger partial charge in [0.15, 0.2) is 0 Å². The molecule has 1 amide bonds. The topological polar surface area (TPSA) is 41.6 Å². The van der Waals surface area contributed by atoms with E-state index in [1.807, 2.05) is 36.2 Å². The number of nitrogens with zero attached hydrogens (tertiary/aromatic N) is 1. The number of nitrogens with one attached hydrogen (secondary N) is 1. The van der Waals surface area contributed by atoms with Crippen LogP contribution in [0.3, 0.4) is 0 Å². The van der Waals surface area contributed by atoms with E-state index < -0.39 is 0 Å². The van der Waals surface area contributed by atoms with E-state index in [-0.39, 0.29) is 5.91 Å². The fourth-order valence-corrected chi connectivity index (χ4v) is 3.96. The number of ether oxygens (including phenoxy) is 1. The summed E-state index contributed by atoms with van der Waals surface area (Å²) in [6.45, 7) is 1.16. The first kappa shape index (κ1) is 16.8. The number of piperidine rings is 1. The largest absolute Gasteiger partial charge is 0.492 e. The number of fused-ring (bicyclic) bond motifs is 2. The second kappa shape index (κ2) is 7.67. The molecule has 1 aromatic carbocycles. The third-order valence-electron chi connectivity index (χ3n) is 4.97. The fourth-order valence-electron chi connectivity index (χ4n) is 3.70. The lowest BCUT2D eigenvalue weighted by Crippen LogP contribution is -2.40. The highest BCUT2D eigenvalue weighted by atomic mass is 79.9. The SMILES string of the molecule is CN(CCOc1ccc(Br)cc1)C(=O)CC1CC2CCC(C1)N2. The van der Waals surface area contributed by atoms with Crippen molar-refractivity contribution in [1.29, 1.82) is 0 Å². The van der Waals surface area contributed by atoms with Crippen molar-refractivity contribution in [1.82, 2.24) is 10.2 Å². The van der Waals surface area contributed by atoms with Crippen molar-refractivity contribution in [2.24, 2.45) is 5.92 Å². The zero-order valence-electron chi connectivity index (χ0n) is 13.6. The summed E-state index contributed by atoms with van der Waals surface area (Å²) in [5.74, 6) is 1.63. The van der Waals surface area contributed by atoms with Crippen molar-refractivity contribution in [3.05, 3.63) is 28.7 Å². The monoisotopic (exact) mass is 380 g/mol. The van der Waals surface area contributed by atoms with Crippen molar-refractivity contribution in [3.8, 4) is 5.75 Å². The average molecular weight is 381 g/mol. The first-order valence-electron chi connectivity index (χ1n) is 8.48. The highest BCUT2D eigenvalue weighted by Gasteiger charge is 2.34. The Balaban J connectivity index is 1.38. The van der Waals surface area contributed by atoms with Crippen molar-refractivity contribution in [2.75, 3.05) is 20.2 Å². The van der Waals surface area contributed by atoms with Crippen LogP contribution in [-0.4, -0.2) is 43.1 Å². The van der Waals surface area contributed by atoms with Crippen LogP contribution in [0.5, 0.6) is 5.75 Å². The van der Waals surface area contributed by atoms with Gasteiger partial charge in [-0.25, -0.2) is 0 Å². The van der Waals surface area contributed by atoms with E-state index in [0.29, 0.717) is 37.6 Å². The van der Waals surface area contributed by atoms with Gasteiger partial charge in [0.25, 0.3) is 0 Å². The van der Waals surface area contributed by atoms with E-state index in [2.05, 4.69) is 21.2 Å². The molecule has 3 rings (SSSR count). The highest BCUT2D eigenvalue weighted by molar-refractivity contribution is 9.10. The van der Waals surface area contributed by atoms with Crippen molar-refractivity contribution < 1.29 is 9.53 Å². The predicted molar refractivity (Wildman–Crippen MR) is 94.6 cm³/mol. The van der Waals surface area contributed by atoms with Crippen LogP contribution >= 0.6 is 15.9 Å². The van der Waals surface area contributed by atoms with Crippen LogP contribution in [-0.2, 0) is 4.79 Å². The third kappa shape index (κ3) is 4.70. The minimum atomic E-state index is 0.246. The number of rotatable bonds is 6. The molecule has 4 nitrogen and oxygen atoms in total. The molecule has 1 N–H and O–H groups in total. The third-order valence-corrected chi connectivity index (χ3v) is 5.50. The van der Waals surface area contributed by atoms with Crippen LogP contribution in [0.4, 0.5) is 0 Å². The fraction of sp³-hybridized carbons (Fsp3) is 0.611. The van der Waals surface area contributed by atoms with Gasteiger partial charge in [-0.1, -0.05) is 15.9 Å². The Bertz CT molecular complexity index is 522. The summed E-state index contributed by atoms with van der Waals surface area (Å²) < 4.78 is 6.73. The van der Waals surface area contributed by atoms with Gasteiger partial charge in [0.05, 0.1) is 6.54 Å². The van der Waals surface area contributed by atoms with Gasteiger partial charge in [-0.2, -0.15) is 0 Å². The van der Waals surface area contributed by atoms with Gasteiger partial charge >= 0.3 is 0 Å². The van der Waals surface area contributed by atoms with Crippen LogP contribution < -0.4 is 10.1 Å². The Morgan fingerprint density at radius 1 is 1.26 bits per heavy atom. The second-order valence-electron chi connectivity index (χ2n) is 6.80. The van der Waals surface area contributed by atoms with Gasteiger partial charge in [0, 0.05) is 30.0 Å². The lowest BCUT2D eigenvalue weighted by Gasteiger charge is -2.30. The van der Waals surface area contributed by atoms with E-state index in [0.717, 1.165) is 23.1 Å². The number of likely N-dealkylation sites (N-methyl/N-ethyl adjacent to an activating group) is 1. The normalized spacial score (nSPS) is 26.1. The molecule has 0 aromatic heterocycles. The molecule has 2 aliphatic rings.